The fraction of sp³-hybridized carbons (Fsp3) is 0.500. The minimum atomic E-state index is -0.831. The molecule has 18 heavy (non-hydrogen) atoms. The van der Waals surface area contributed by atoms with Crippen molar-refractivity contribution in [1.29, 1.82) is 5.26 Å². The fourth-order valence-corrected chi connectivity index (χ4v) is 1.83. The molecule has 1 aromatic rings. The Morgan fingerprint density at radius 3 is 2.50 bits per heavy atom. The van der Waals surface area contributed by atoms with Gasteiger partial charge in [0.2, 0.25) is 0 Å². The fourth-order valence-electron chi connectivity index (χ4n) is 1.83. The summed E-state index contributed by atoms with van der Waals surface area (Å²) in [7, 11) is 3.03. The van der Waals surface area contributed by atoms with Gasteiger partial charge in [0.25, 0.3) is 0 Å². The third kappa shape index (κ3) is 3.81. The summed E-state index contributed by atoms with van der Waals surface area (Å²) in [6.07, 6.45) is -0.977. The summed E-state index contributed by atoms with van der Waals surface area (Å²) in [5, 5.41) is 19.4. The smallest absolute Gasteiger partial charge is 0.158 e. The lowest BCUT2D eigenvalue weighted by molar-refractivity contribution is -0.117. The summed E-state index contributed by atoms with van der Waals surface area (Å²) in [6.45, 7) is 1.95. The number of nitriles is 1. The van der Waals surface area contributed by atoms with E-state index in [1.807, 2.05) is 31.2 Å². The van der Waals surface area contributed by atoms with Gasteiger partial charge in [0.15, 0.2) is 6.29 Å². The average Bonchev–Trinajstić information content (AvgIpc) is 2.39. The molecule has 2 atom stereocenters. The zero-order chi connectivity index (χ0) is 13.5. The highest BCUT2D eigenvalue weighted by atomic mass is 16.7. The number of methoxy groups -OCH3 is 2. The first-order valence-electron chi connectivity index (χ1n) is 5.82. The molecule has 0 aliphatic carbocycles. The largest absolute Gasteiger partial charge is 0.387 e. The Morgan fingerprint density at radius 1 is 1.33 bits per heavy atom. The van der Waals surface area contributed by atoms with E-state index in [2.05, 4.69) is 6.07 Å². The van der Waals surface area contributed by atoms with Crippen molar-refractivity contribution in [3.63, 3.8) is 0 Å². The maximum atomic E-state index is 10.2. The van der Waals surface area contributed by atoms with Crippen LogP contribution in [0.1, 0.15) is 23.7 Å². The highest BCUT2D eigenvalue weighted by molar-refractivity contribution is 5.25. The van der Waals surface area contributed by atoms with Crippen LogP contribution in [0.4, 0.5) is 0 Å². The number of aryl methyl sites for hydroxylation is 1. The summed E-state index contributed by atoms with van der Waals surface area (Å²) in [4.78, 5) is 0. The Bertz CT molecular complexity index is 410. The first-order valence-corrected chi connectivity index (χ1v) is 5.82. The molecule has 0 saturated heterocycles. The zero-order valence-corrected chi connectivity index (χ0v) is 11.0. The van der Waals surface area contributed by atoms with Crippen molar-refractivity contribution in [2.75, 3.05) is 14.2 Å². The Kier molecular flexibility index (Phi) is 5.79. The molecule has 0 radical (unpaired) electrons. The van der Waals surface area contributed by atoms with Gasteiger partial charge in [-0.2, -0.15) is 5.26 Å². The van der Waals surface area contributed by atoms with Crippen LogP contribution in [0.25, 0.3) is 0 Å². The van der Waals surface area contributed by atoms with E-state index in [4.69, 9.17) is 14.7 Å². The number of rotatable bonds is 6. The third-order valence-electron chi connectivity index (χ3n) is 2.90. The second kappa shape index (κ2) is 7.12. The number of hydrogen-bond donors (Lipinski definition) is 1. The van der Waals surface area contributed by atoms with Crippen molar-refractivity contribution in [1.82, 2.24) is 0 Å². The lowest BCUT2D eigenvalue weighted by atomic mass is 9.93. The van der Waals surface area contributed by atoms with E-state index in [0.29, 0.717) is 6.42 Å². The molecule has 0 fully saturated rings. The van der Waals surface area contributed by atoms with E-state index in [9.17, 15) is 5.11 Å². The summed E-state index contributed by atoms with van der Waals surface area (Å²) >= 11 is 0. The summed E-state index contributed by atoms with van der Waals surface area (Å²) in [6, 6.07) is 9.62. The Labute approximate surface area is 108 Å². The number of aliphatic hydroxyl groups is 1. The summed E-state index contributed by atoms with van der Waals surface area (Å²) in [5.41, 5.74) is 1.80. The van der Waals surface area contributed by atoms with E-state index in [-0.39, 0.29) is 0 Å². The summed E-state index contributed by atoms with van der Waals surface area (Å²) in [5.74, 6) is -0.559. The Hall–Kier alpha value is -1.41. The van der Waals surface area contributed by atoms with Crippen LogP contribution < -0.4 is 0 Å². The standard InChI is InChI=1S/C14H19NO3/c1-10-5-4-6-11(7-10)14(16)12(9-15)8-13(17-2)18-3/h4-7,12-14,16H,8H2,1-3H3. The molecule has 4 nitrogen and oxygen atoms in total. The maximum absolute atomic E-state index is 10.2. The van der Waals surface area contributed by atoms with Crippen LogP contribution in [0.5, 0.6) is 0 Å². The van der Waals surface area contributed by atoms with Crippen molar-refractivity contribution in [3.8, 4) is 6.07 Å². The predicted octanol–water partition coefficient (Wildman–Crippen LogP) is 2.18. The highest BCUT2D eigenvalue weighted by Crippen LogP contribution is 2.26. The molecule has 0 spiro atoms. The zero-order valence-electron chi connectivity index (χ0n) is 11.0. The predicted molar refractivity (Wildman–Crippen MR) is 67.7 cm³/mol. The Morgan fingerprint density at radius 2 is 2.00 bits per heavy atom. The lowest BCUT2D eigenvalue weighted by Crippen LogP contribution is -2.21. The minimum absolute atomic E-state index is 0.332. The van der Waals surface area contributed by atoms with Crippen LogP contribution in [0.15, 0.2) is 24.3 Å². The van der Waals surface area contributed by atoms with Crippen LogP contribution in [0, 0.1) is 24.2 Å². The van der Waals surface area contributed by atoms with Crippen molar-refractivity contribution >= 4 is 0 Å². The van der Waals surface area contributed by atoms with Crippen LogP contribution in [-0.2, 0) is 9.47 Å². The van der Waals surface area contributed by atoms with Crippen LogP contribution in [0.3, 0.4) is 0 Å². The van der Waals surface area contributed by atoms with Crippen LogP contribution in [-0.4, -0.2) is 25.6 Å². The van der Waals surface area contributed by atoms with E-state index >= 15 is 0 Å². The first-order chi connectivity index (χ1) is 8.62. The molecular formula is C14H19NO3. The number of benzene rings is 1. The van der Waals surface area contributed by atoms with Gasteiger partial charge in [0.1, 0.15) is 0 Å². The van der Waals surface area contributed by atoms with Gasteiger partial charge in [-0.05, 0) is 12.5 Å². The number of nitrogens with zero attached hydrogens (tertiary/aromatic N) is 1. The normalized spacial score (nSPS) is 14.2. The average molecular weight is 249 g/mol. The van der Waals surface area contributed by atoms with E-state index in [1.165, 1.54) is 14.2 Å². The van der Waals surface area contributed by atoms with Gasteiger partial charge in [0.05, 0.1) is 18.1 Å². The minimum Gasteiger partial charge on any atom is -0.387 e. The SMILES string of the molecule is COC(CC(C#N)C(O)c1cccc(C)c1)OC. The molecule has 0 aromatic heterocycles. The molecule has 0 aliphatic heterocycles. The molecule has 0 amide bonds. The van der Waals surface area contributed by atoms with Gasteiger partial charge in [-0.3, -0.25) is 0 Å². The van der Waals surface area contributed by atoms with Gasteiger partial charge in [-0.15, -0.1) is 0 Å². The molecular weight excluding hydrogens is 230 g/mol. The molecule has 1 aromatic carbocycles. The molecule has 0 aliphatic rings. The van der Waals surface area contributed by atoms with Crippen molar-refractivity contribution in [3.05, 3.63) is 35.4 Å². The molecule has 0 bridgehead atoms. The van der Waals surface area contributed by atoms with Crippen molar-refractivity contribution in [2.24, 2.45) is 5.92 Å². The van der Waals surface area contributed by atoms with Crippen LogP contribution in [0.2, 0.25) is 0 Å². The maximum Gasteiger partial charge on any atom is 0.158 e. The van der Waals surface area contributed by atoms with E-state index in [1.54, 1.807) is 0 Å². The van der Waals surface area contributed by atoms with E-state index in [0.717, 1.165) is 11.1 Å². The van der Waals surface area contributed by atoms with Gasteiger partial charge in [0, 0.05) is 20.6 Å². The third-order valence-corrected chi connectivity index (χ3v) is 2.90. The number of ether oxygens (including phenoxy) is 2. The molecule has 98 valence electrons. The van der Waals surface area contributed by atoms with Gasteiger partial charge >= 0.3 is 0 Å². The first kappa shape index (κ1) is 14.7. The van der Waals surface area contributed by atoms with Gasteiger partial charge < -0.3 is 14.6 Å². The lowest BCUT2D eigenvalue weighted by Gasteiger charge is -2.21. The highest BCUT2D eigenvalue weighted by Gasteiger charge is 2.24. The second-order valence-corrected chi connectivity index (χ2v) is 4.23. The molecule has 1 rings (SSSR count). The van der Waals surface area contributed by atoms with Crippen molar-refractivity contribution in [2.45, 2.75) is 25.7 Å². The van der Waals surface area contributed by atoms with Gasteiger partial charge in [-0.25, -0.2) is 0 Å². The topological polar surface area (TPSA) is 62.5 Å². The van der Waals surface area contributed by atoms with E-state index < -0.39 is 18.3 Å². The molecule has 4 heteroatoms. The Balaban J connectivity index is 2.79. The van der Waals surface area contributed by atoms with Crippen molar-refractivity contribution < 1.29 is 14.6 Å². The second-order valence-electron chi connectivity index (χ2n) is 4.23. The van der Waals surface area contributed by atoms with Crippen LogP contribution >= 0.6 is 0 Å². The number of hydrogen-bond acceptors (Lipinski definition) is 4. The number of aliphatic hydroxyl groups excluding tert-OH is 1. The monoisotopic (exact) mass is 249 g/mol. The molecule has 0 heterocycles. The summed E-state index contributed by atoms with van der Waals surface area (Å²) < 4.78 is 10.1. The molecule has 2 unspecified atom stereocenters. The molecule has 1 N–H and O–H groups in total. The quantitative estimate of drug-likeness (QED) is 0.785. The van der Waals surface area contributed by atoms with Gasteiger partial charge in [-0.1, -0.05) is 29.8 Å². The molecule has 0 saturated carbocycles.